The Morgan fingerprint density at radius 3 is 1.95 bits per heavy atom. The number of unbranched alkanes of at least 4 members (excludes halogenated alkanes) is 6. The van der Waals surface area contributed by atoms with Gasteiger partial charge in [-0.25, -0.2) is 0 Å². The van der Waals surface area contributed by atoms with E-state index in [0.29, 0.717) is 5.75 Å². The molecule has 0 amide bonds. The van der Waals surface area contributed by atoms with E-state index in [0.717, 1.165) is 19.6 Å². The van der Waals surface area contributed by atoms with Crippen molar-refractivity contribution in [2.45, 2.75) is 58.3 Å². The number of ether oxygens (including phenoxy) is 1. The Balaban J connectivity index is 0.000000524. The van der Waals surface area contributed by atoms with Gasteiger partial charge in [-0.1, -0.05) is 57.6 Å². The molecule has 0 aliphatic carbocycles. The lowest BCUT2D eigenvalue weighted by molar-refractivity contribution is 0.475. The molecule has 0 unspecified atom stereocenters. The van der Waals surface area contributed by atoms with Crippen molar-refractivity contribution in [3.8, 4) is 5.75 Å². The largest absolute Gasteiger partial charge is 0.508 e. The lowest BCUT2D eigenvalue weighted by atomic mass is 10.0. The fraction of sp³-hybridized carbons (Fsp3) is 0.647. The maximum Gasteiger partial charge on any atom is 0.115 e. The average molecular weight is 264 g/mol. The van der Waals surface area contributed by atoms with E-state index in [1.54, 1.807) is 12.1 Å². The van der Waals surface area contributed by atoms with E-state index in [2.05, 4.69) is 11.7 Å². The summed E-state index contributed by atoms with van der Waals surface area (Å²) >= 11 is 0. The standard InChI is InChI=1S/C15H24O.C2H4O/c1-2-3-4-5-6-7-8-9-14-10-12-15(16)13-11-14;1-2-3-1/h10-13,16H,2-9H2,1H3;1-2H2. The van der Waals surface area contributed by atoms with E-state index in [9.17, 15) is 0 Å². The molecule has 19 heavy (non-hydrogen) atoms. The first-order valence-electron chi connectivity index (χ1n) is 7.68. The number of phenols is 1. The van der Waals surface area contributed by atoms with E-state index in [1.807, 2.05) is 12.1 Å². The molecule has 1 N–H and O–H groups in total. The van der Waals surface area contributed by atoms with E-state index in [4.69, 9.17) is 5.11 Å². The second kappa shape index (κ2) is 10.9. The Kier molecular flexibility index (Phi) is 9.17. The number of hydrogen-bond acceptors (Lipinski definition) is 2. The highest BCUT2D eigenvalue weighted by Gasteiger charge is 1.95. The smallest absolute Gasteiger partial charge is 0.115 e. The van der Waals surface area contributed by atoms with Gasteiger partial charge in [0.2, 0.25) is 0 Å². The van der Waals surface area contributed by atoms with Gasteiger partial charge in [-0.3, -0.25) is 0 Å². The zero-order valence-corrected chi connectivity index (χ0v) is 12.2. The van der Waals surface area contributed by atoms with Crippen LogP contribution in [0, 0.1) is 0 Å². The topological polar surface area (TPSA) is 32.8 Å². The molecule has 1 aliphatic rings. The number of benzene rings is 1. The zero-order valence-electron chi connectivity index (χ0n) is 12.2. The summed E-state index contributed by atoms with van der Waals surface area (Å²) in [5, 5.41) is 9.15. The van der Waals surface area contributed by atoms with Crippen LogP contribution >= 0.6 is 0 Å². The third-order valence-electron chi connectivity index (χ3n) is 3.21. The number of hydrogen-bond donors (Lipinski definition) is 1. The number of rotatable bonds is 8. The molecule has 0 bridgehead atoms. The lowest BCUT2D eigenvalue weighted by Gasteiger charge is -2.02. The van der Waals surface area contributed by atoms with Gasteiger partial charge in [-0.15, -0.1) is 0 Å². The molecule has 1 aromatic rings. The van der Waals surface area contributed by atoms with Crippen LogP contribution in [0.25, 0.3) is 0 Å². The molecule has 108 valence electrons. The van der Waals surface area contributed by atoms with E-state index in [-0.39, 0.29) is 0 Å². The molecule has 0 saturated carbocycles. The molecular weight excluding hydrogens is 236 g/mol. The summed E-state index contributed by atoms with van der Waals surface area (Å²) in [6, 6.07) is 7.59. The highest BCUT2D eigenvalue weighted by Crippen LogP contribution is 2.13. The van der Waals surface area contributed by atoms with Crippen molar-refractivity contribution in [1.29, 1.82) is 0 Å². The van der Waals surface area contributed by atoms with E-state index in [1.165, 1.54) is 50.5 Å². The SMILES string of the molecule is C1CO1.CCCCCCCCCc1ccc(O)cc1. The first kappa shape index (κ1) is 16.0. The normalized spacial score (nSPS) is 12.7. The van der Waals surface area contributed by atoms with Crippen molar-refractivity contribution in [2.75, 3.05) is 13.2 Å². The van der Waals surface area contributed by atoms with Crippen LogP contribution < -0.4 is 0 Å². The van der Waals surface area contributed by atoms with Gasteiger partial charge in [0, 0.05) is 0 Å². The number of aryl methyl sites for hydroxylation is 1. The number of phenolic OH excluding ortho intramolecular Hbond substituents is 1. The third-order valence-corrected chi connectivity index (χ3v) is 3.21. The van der Waals surface area contributed by atoms with E-state index >= 15 is 0 Å². The molecule has 1 aliphatic heterocycles. The molecule has 1 aromatic carbocycles. The third kappa shape index (κ3) is 10.6. The maximum atomic E-state index is 9.15. The van der Waals surface area contributed by atoms with Gasteiger partial charge in [-0.2, -0.15) is 0 Å². The second-order valence-electron chi connectivity index (χ2n) is 5.15. The molecule has 0 radical (unpaired) electrons. The zero-order chi connectivity index (χ0) is 13.8. The summed E-state index contributed by atoms with van der Waals surface area (Å²) in [4.78, 5) is 0. The average Bonchev–Trinajstić information content (AvgIpc) is 3.28. The predicted molar refractivity (Wildman–Crippen MR) is 80.6 cm³/mol. The van der Waals surface area contributed by atoms with Crippen LogP contribution in [0.1, 0.15) is 57.4 Å². The van der Waals surface area contributed by atoms with E-state index < -0.39 is 0 Å². The van der Waals surface area contributed by atoms with Crippen LogP contribution in [-0.2, 0) is 11.2 Å². The number of epoxide rings is 1. The summed E-state index contributed by atoms with van der Waals surface area (Å²) in [7, 11) is 0. The highest BCUT2D eigenvalue weighted by molar-refractivity contribution is 5.25. The Labute approximate surface area is 117 Å². The lowest BCUT2D eigenvalue weighted by Crippen LogP contribution is -1.85. The minimum Gasteiger partial charge on any atom is -0.508 e. The molecule has 0 spiro atoms. The van der Waals surface area contributed by atoms with Crippen LogP contribution in [-0.4, -0.2) is 18.3 Å². The summed E-state index contributed by atoms with van der Waals surface area (Å²) in [6.07, 6.45) is 10.6. The summed E-state index contributed by atoms with van der Waals surface area (Å²) < 4.78 is 4.50. The Morgan fingerprint density at radius 1 is 0.895 bits per heavy atom. The molecule has 2 nitrogen and oxygen atoms in total. The van der Waals surface area contributed by atoms with Crippen molar-refractivity contribution >= 4 is 0 Å². The fourth-order valence-corrected chi connectivity index (χ4v) is 1.95. The van der Waals surface area contributed by atoms with Crippen molar-refractivity contribution < 1.29 is 9.84 Å². The first-order valence-corrected chi connectivity index (χ1v) is 7.68. The Morgan fingerprint density at radius 2 is 1.42 bits per heavy atom. The summed E-state index contributed by atoms with van der Waals surface area (Å²) in [6.45, 7) is 4.25. The summed E-state index contributed by atoms with van der Waals surface area (Å²) in [5.74, 6) is 0.364. The molecular formula is C17H28O2. The Bertz CT molecular complexity index is 301. The van der Waals surface area contributed by atoms with Crippen LogP contribution in [0.2, 0.25) is 0 Å². The minimum atomic E-state index is 0.364. The van der Waals surface area contributed by atoms with Gasteiger partial charge >= 0.3 is 0 Å². The first-order chi connectivity index (χ1) is 9.33. The van der Waals surface area contributed by atoms with Crippen LogP contribution in [0.3, 0.4) is 0 Å². The van der Waals surface area contributed by atoms with Crippen molar-refractivity contribution in [3.05, 3.63) is 29.8 Å². The molecule has 2 heteroatoms. The van der Waals surface area contributed by atoms with Crippen LogP contribution in [0.5, 0.6) is 5.75 Å². The molecule has 1 fully saturated rings. The van der Waals surface area contributed by atoms with Gasteiger partial charge in [0.1, 0.15) is 5.75 Å². The van der Waals surface area contributed by atoms with Crippen molar-refractivity contribution in [2.24, 2.45) is 0 Å². The van der Waals surface area contributed by atoms with Crippen LogP contribution in [0.15, 0.2) is 24.3 Å². The summed E-state index contributed by atoms with van der Waals surface area (Å²) in [5.41, 5.74) is 1.34. The van der Waals surface area contributed by atoms with Gasteiger partial charge < -0.3 is 9.84 Å². The molecule has 1 heterocycles. The highest BCUT2D eigenvalue weighted by atomic mass is 16.6. The monoisotopic (exact) mass is 264 g/mol. The molecule has 1 saturated heterocycles. The van der Waals surface area contributed by atoms with Crippen LogP contribution in [0.4, 0.5) is 0 Å². The van der Waals surface area contributed by atoms with Crippen molar-refractivity contribution in [3.63, 3.8) is 0 Å². The molecule has 0 atom stereocenters. The second-order valence-corrected chi connectivity index (χ2v) is 5.15. The molecule has 0 aromatic heterocycles. The maximum absolute atomic E-state index is 9.15. The molecule has 2 rings (SSSR count). The van der Waals surface area contributed by atoms with Gasteiger partial charge in [0.25, 0.3) is 0 Å². The Hall–Kier alpha value is -1.02. The fourth-order valence-electron chi connectivity index (χ4n) is 1.95. The predicted octanol–water partition coefficient (Wildman–Crippen LogP) is 4.70. The minimum absolute atomic E-state index is 0.364. The van der Waals surface area contributed by atoms with Gasteiger partial charge in [0.15, 0.2) is 0 Å². The van der Waals surface area contributed by atoms with Gasteiger partial charge in [-0.05, 0) is 30.5 Å². The quantitative estimate of drug-likeness (QED) is 0.545. The van der Waals surface area contributed by atoms with Crippen molar-refractivity contribution in [1.82, 2.24) is 0 Å². The number of aromatic hydroxyl groups is 1. The van der Waals surface area contributed by atoms with Gasteiger partial charge in [0.05, 0.1) is 13.2 Å².